The average Bonchev–Trinajstić information content (AvgIpc) is 3.51. The number of hydrogen-bond acceptors (Lipinski definition) is 5. The van der Waals surface area contributed by atoms with Crippen molar-refractivity contribution in [2.45, 2.75) is 6.54 Å². The van der Waals surface area contributed by atoms with Crippen LogP contribution in [0, 0.1) is 0 Å². The minimum atomic E-state index is -0.181. The van der Waals surface area contributed by atoms with Gasteiger partial charge in [0.1, 0.15) is 0 Å². The standard InChI is InChI=1S/C25H21N7O/c1-31-24(28-29-30-31)20-6-4-7-21(16-20)27-25(33)23-9-3-2-8-22(23)19-12-10-18(11-13-19)17-32-15-5-14-26-32/h2-16H,17H2,1H3,(H,27,33). The van der Waals surface area contributed by atoms with E-state index in [9.17, 15) is 4.79 Å². The molecule has 1 N–H and O–H groups in total. The maximum absolute atomic E-state index is 13.2. The lowest BCUT2D eigenvalue weighted by Crippen LogP contribution is -2.13. The minimum Gasteiger partial charge on any atom is -0.322 e. The molecule has 0 saturated heterocycles. The number of aromatic nitrogens is 6. The number of anilines is 1. The van der Waals surface area contributed by atoms with Gasteiger partial charge in [0, 0.05) is 36.3 Å². The lowest BCUT2D eigenvalue weighted by molar-refractivity contribution is 0.102. The molecular weight excluding hydrogens is 414 g/mol. The molecule has 8 nitrogen and oxygen atoms in total. The van der Waals surface area contributed by atoms with Gasteiger partial charge < -0.3 is 5.32 Å². The first-order chi connectivity index (χ1) is 16.2. The summed E-state index contributed by atoms with van der Waals surface area (Å²) in [6, 6.07) is 25.2. The summed E-state index contributed by atoms with van der Waals surface area (Å²) in [6.07, 6.45) is 3.70. The summed E-state index contributed by atoms with van der Waals surface area (Å²) in [5, 5.41) is 18.8. The lowest BCUT2D eigenvalue weighted by Gasteiger charge is -2.12. The number of rotatable bonds is 6. The van der Waals surface area contributed by atoms with Gasteiger partial charge in [-0.1, -0.05) is 54.6 Å². The molecule has 162 valence electrons. The molecule has 0 atom stereocenters. The van der Waals surface area contributed by atoms with E-state index in [2.05, 4.69) is 38.1 Å². The van der Waals surface area contributed by atoms with Crippen molar-refractivity contribution in [2.24, 2.45) is 7.05 Å². The molecule has 0 aliphatic heterocycles. The number of nitrogens with one attached hydrogen (secondary N) is 1. The first-order valence-corrected chi connectivity index (χ1v) is 10.5. The van der Waals surface area contributed by atoms with Gasteiger partial charge in [0.05, 0.1) is 6.54 Å². The SMILES string of the molecule is Cn1nnnc1-c1cccc(NC(=O)c2ccccc2-c2ccc(Cn3cccn3)cc2)c1. The van der Waals surface area contributed by atoms with Crippen molar-refractivity contribution in [1.82, 2.24) is 30.0 Å². The summed E-state index contributed by atoms with van der Waals surface area (Å²) in [4.78, 5) is 13.2. The molecule has 0 bridgehead atoms. The number of carbonyl (C=O) groups is 1. The molecule has 1 amide bonds. The quantitative estimate of drug-likeness (QED) is 0.435. The van der Waals surface area contributed by atoms with Crippen molar-refractivity contribution in [3.63, 3.8) is 0 Å². The van der Waals surface area contributed by atoms with Crippen LogP contribution in [0.4, 0.5) is 5.69 Å². The van der Waals surface area contributed by atoms with Crippen LogP contribution in [0.25, 0.3) is 22.5 Å². The average molecular weight is 435 g/mol. The van der Waals surface area contributed by atoms with Crippen molar-refractivity contribution in [1.29, 1.82) is 0 Å². The van der Waals surface area contributed by atoms with Gasteiger partial charge in [-0.2, -0.15) is 5.10 Å². The number of benzene rings is 3. The third-order valence-electron chi connectivity index (χ3n) is 5.34. The van der Waals surface area contributed by atoms with E-state index in [1.807, 2.05) is 77.6 Å². The number of amides is 1. The monoisotopic (exact) mass is 435 g/mol. The highest BCUT2D eigenvalue weighted by atomic mass is 16.1. The number of carbonyl (C=O) groups excluding carboxylic acids is 1. The van der Waals surface area contributed by atoms with Crippen LogP contribution in [0.1, 0.15) is 15.9 Å². The highest BCUT2D eigenvalue weighted by Gasteiger charge is 2.14. The van der Waals surface area contributed by atoms with E-state index in [1.165, 1.54) is 0 Å². The molecule has 5 rings (SSSR count). The Bertz CT molecular complexity index is 1390. The normalized spacial score (nSPS) is 10.8. The Kier molecular flexibility index (Phi) is 5.47. The summed E-state index contributed by atoms with van der Waals surface area (Å²) in [5.41, 5.74) is 5.08. The highest BCUT2D eigenvalue weighted by molar-refractivity contribution is 6.08. The van der Waals surface area contributed by atoms with E-state index in [0.717, 1.165) is 22.3 Å². The Balaban J connectivity index is 1.38. The predicted molar refractivity (Wildman–Crippen MR) is 125 cm³/mol. The smallest absolute Gasteiger partial charge is 0.256 e. The Morgan fingerprint density at radius 3 is 2.55 bits per heavy atom. The molecule has 0 spiro atoms. The molecule has 33 heavy (non-hydrogen) atoms. The molecule has 0 aliphatic rings. The van der Waals surface area contributed by atoms with Crippen molar-refractivity contribution in [3.05, 3.63) is 102 Å². The van der Waals surface area contributed by atoms with Gasteiger partial charge in [-0.3, -0.25) is 9.48 Å². The maximum atomic E-state index is 13.2. The van der Waals surface area contributed by atoms with E-state index < -0.39 is 0 Å². The zero-order valence-corrected chi connectivity index (χ0v) is 18.0. The van der Waals surface area contributed by atoms with Gasteiger partial charge in [0.25, 0.3) is 5.91 Å². The molecule has 0 unspecified atom stereocenters. The molecule has 0 fully saturated rings. The number of hydrogen-bond donors (Lipinski definition) is 1. The number of nitrogens with zero attached hydrogens (tertiary/aromatic N) is 6. The first-order valence-electron chi connectivity index (χ1n) is 10.5. The van der Waals surface area contributed by atoms with Gasteiger partial charge in [-0.05, 0) is 51.4 Å². The van der Waals surface area contributed by atoms with Crippen LogP contribution in [-0.4, -0.2) is 35.9 Å². The van der Waals surface area contributed by atoms with E-state index >= 15 is 0 Å². The van der Waals surface area contributed by atoms with Crippen LogP contribution in [-0.2, 0) is 13.6 Å². The fourth-order valence-electron chi connectivity index (χ4n) is 3.71. The van der Waals surface area contributed by atoms with Crippen LogP contribution in [0.3, 0.4) is 0 Å². The fourth-order valence-corrected chi connectivity index (χ4v) is 3.71. The van der Waals surface area contributed by atoms with Crippen molar-refractivity contribution in [3.8, 4) is 22.5 Å². The summed E-state index contributed by atoms with van der Waals surface area (Å²) >= 11 is 0. The zero-order chi connectivity index (χ0) is 22.6. The summed E-state index contributed by atoms with van der Waals surface area (Å²) in [7, 11) is 1.77. The highest BCUT2D eigenvalue weighted by Crippen LogP contribution is 2.26. The number of aryl methyl sites for hydroxylation is 1. The van der Waals surface area contributed by atoms with E-state index in [1.54, 1.807) is 17.9 Å². The van der Waals surface area contributed by atoms with E-state index in [4.69, 9.17) is 0 Å². The van der Waals surface area contributed by atoms with E-state index in [-0.39, 0.29) is 5.91 Å². The second-order valence-corrected chi connectivity index (χ2v) is 7.61. The largest absolute Gasteiger partial charge is 0.322 e. The van der Waals surface area contributed by atoms with Crippen LogP contribution >= 0.6 is 0 Å². The predicted octanol–water partition coefficient (Wildman–Crippen LogP) is 4.04. The first kappa shape index (κ1) is 20.3. The van der Waals surface area contributed by atoms with Crippen molar-refractivity contribution in [2.75, 3.05) is 5.32 Å². The Labute approximate surface area is 190 Å². The van der Waals surface area contributed by atoms with Gasteiger partial charge in [-0.15, -0.1) is 5.10 Å². The fraction of sp³-hybridized carbons (Fsp3) is 0.0800. The molecule has 2 heterocycles. The molecule has 2 aromatic heterocycles. The number of tetrazole rings is 1. The second-order valence-electron chi connectivity index (χ2n) is 7.61. The second kappa shape index (κ2) is 8.88. The van der Waals surface area contributed by atoms with Gasteiger partial charge >= 0.3 is 0 Å². The summed E-state index contributed by atoms with van der Waals surface area (Å²) in [6.45, 7) is 0.701. The lowest BCUT2D eigenvalue weighted by atomic mass is 9.98. The molecule has 0 radical (unpaired) electrons. The molecule has 0 saturated carbocycles. The van der Waals surface area contributed by atoms with Crippen molar-refractivity contribution >= 4 is 11.6 Å². The molecular formula is C25H21N7O. The Hall–Kier alpha value is -4.59. The zero-order valence-electron chi connectivity index (χ0n) is 18.0. The van der Waals surface area contributed by atoms with Crippen LogP contribution in [0.15, 0.2) is 91.3 Å². The third-order valence-corrected chi connectivity index (χ3v) is 5.34. The minimum absolute atomic E-state index is 0.181. The third kappa shape index (κ3) is 4.40. The van der Waals surface area contributed by atoms with Gasteiger partial charge in [-0.25, -0.2) is 4.68 Å². The Morgan fingerprint density at radius 2 is 1.79 bits per heavy atom. The van der Waals surface area contributed by atoms with Crippen LogP contribution in [0.5, 0.6) is 0 Å². The Morgan fingerprint density at radius 1 is 0.939 bits per heavy atom. The van der Waals surface area contributed by atoms with Crippen LogP contribution < -0.4 is 5.32 Å². The molecule has 5 aromatic rings. The maximum Gasteiger partial charge on any atom is 0.256 e. The summed E-state index contributed by atoms with van der Waals surface area (Å²) < 4.78 is 3.47. The molecule has 0 aliphatic carbocycles. The van der Waals surface area contributed by atoms with Crippen molar-refractivity contribution < 1.29 is 4.79 Å². The molecule has 8 heteroatoms. The van der Waals surface area contributed by atoms with Gasteiger partial charge in [0.2, 0.25) is 0 Å². The topological polar surface area (TPSA) is 90.5 Å². The van der Waals surface area contributed by atoms with Crippen LogP contribution in [0.2, 0.25) is 0 Å². The summed E-state index contributed by atoms with van der Waals surface area (Å²) in [5.74, 6) is 0.446. The molecule has 3 aromatic carbocycles. The van der Waals surface area contributed by atoms with Gasteiger partial charge in [0.15, 0.2) is 5.82 Å². The van der Waals surface area contributed by atoms with E-state index in [0.29, 0.717) is 23.6 Å².